The highest BCUT2D eigenvalue weighted by atomic mass is 16.4. The Kier molecular flexibility index (Phi) is 5.25. The number of nitrogens with one attached hydrogen (secondary N) is 1. The van der Waals surface area contributed by atoms with Gasteiger partial charge in [0.2, 0.25) is 0 Å². The molecule has 2 aromatic rings. The second-order valence-electron chi connectivity index (χ2n) is 6.96. The lowest BCUT2D eigenvalue weighted by Crippen LogP contribution is -2.50. The molecule has 1 saturated heterocycles. The van der Waals surface area contributed by atoms with Crippen molar-refractivity contribution in [3.05, 3.63) is 48.3 Å². The first-order valence-electron chi connectivity index (χ1n) is 8.83. The number of urea groups is 1. The van der Waals surface area contributed by atoms with E-state index in [0.717, 1.165) is 11.3 Å². The lowest BCUT2D eigenvalue weighted by molar-refractivity contribution is -0.143. The monoisotopic (exact) mass is 356 g/mol. The second-order valence-corrected chi connectivity index (χ2v) is 6.96. The molecule has 3 rings (SSSR count). The fourth-order valence-corrected chi connectivity index (χ4v) is 3.52. The number of piperidine rings is 1. The van der Waals surface area contributed by atoms with Crippen molar-refractivity contribution in [2.75, 3.05) is 13.1 Å². The SMILES string of the molecule is CC1CC(C(=O)O)CN(C(=O)NC(C)c2ccccc2-n2cccn2)C1. The number of amides is 2. The van der Waals surface area contributed by atoms with Crippen LogP contribution in [0.25, 0.3) is 5.69 Å². The predicted molar refractivity (Wildman–Crippen MR) is 97.0 cm³/mol. The maximum atomic E-state index is 12.7. The number of carboxylic acid groups (broad SMARTS) is 1. The zero-order chi connectivity index (χ0) is 18.7. The first kappa shape index (κ1) is 18.0. The summed E-state index contributed by atoms with van der Waals surface area (Å²) in [6, 6.07) is 9.15. The number of hydrogen-bond acceptors (Lipinski definition) is 3. The Balaban J connectivity index is 1.73. The molecule has 2 N–H and O–H groups in total. The third-order valence-electron chi connectivity index (χ3n) is 4.79. The van der Waals surface area contributed by atoms with Gasteiger partial charge in [-0.05, 0) is 37.0 Å². The molecule has 1 aliphatic heterocycles. The van der Waals surface area contributed by atoms with Gasteiger partial charge < -0.3 is 15.3 Å². The zero-order valence-electron chi connectivity index (χ0n) is 15.0. The molecule has 0 bridgehead atoms. The van der Waals surface area contributed by atoms with Gasteiger partial charge in [-0.1, -0.05) is 25.1 Å². The molecule has 0 saturated carbocycles. The van der Waals surface area contributed by atoms with Gasteiger partial charge in [-0.3, -0.25) is 4.79 Å². The number of aromatic nitrogens is 2. The quantitative estimate of drug-likeness (QED) is 0.882. The summed E-state index contributed by atoms with van der Waals surface area (Å²) in [4.78, 5) is 25.6. The molecule has 26 heavy (non-hydrogen) atoms. The van der Waals surface area contributed by atoms with Crippen molar-refractivity contribution in [2.45, 2.75) is 26.3 Å². The maximum Gasteiger partial charge on any atom is 0.317 e. The van der Waals surface area contributed by atoms with Crippen molar-refractivity contribution in [1.29, 1.82) is 0 Å². The van der Waals surface area contributed by atoms with Crippen LogP contribution in [0.1, 0.15) is 31.9 Å². The Morgan fingerprint density at radius 2 is 2.04 bits per heavy atom. The van der Waals surface area contributed by atoms with Crippen LogP contribution in [0, 0.1) is 11.8 Å². The van der Waals surface area contributed by atoms with Crippen molar-refractivity contribution in [1.82, 2.24) is 20.0 Å². The third-order valence-corrected chi connectivity index (χ3v) is 4.79. The molecular weight excluding hydrogens is 332 g/mol. The summed E-state index contributed by atoms with van der Waals surface area (Å²) in [5.41, 5.74) is 1.85. The molecule has 0 spiro atoms. The fraction of sp³-hybridized carbons (Fsp3) is 0.421. The van der Waals surface area contributed by atoms with Crippen LogP contribution in [0.15, 0.2) is 42.7 Å². The minimum absolute atomic E-state index is 0.169. The number of benzene rings is 1. The molecule has 1 aliphatic rings. The molecule has 7 nitrogen and oxygen atoms in total. The van der Waals surface area contributed by atoms with Gasteiger partial charge >= 0.3 is 12.0 Å². The van der Waals surface area contributed by atoms with Crippen LogP contribution < -0.4 is 5.32 Å². The molecule has 2 amide bonds. The third kappa shape index (κ3) is 3.87. The normalized spacial score (nSPS) is 21.2. The van der Waals surface area contributed by atoms with Crippen LogP contribution in [0.4, 0.5) is 4.79 Å². The van der Waals surface area contributed by atoms with Crippen LogP contribution in [0.5, 0.6) is 0 Å². The molecule has 7 heteroatoms. The average molecular weight is 356 g/mol. The molecule has 1 aromatic carbocycles. The summed E-state index contributed by atoms with van der Waals surface area (Å²) in [6.07, 6.45) is 4.18. The number of carboxylic acids is 1. The smallest absolute Gasteiger partial charge is 0.317 e. The van der Waals surface area contributed by atoms with Gasteiger partial charge in [-0.25, -0.2) is 9.48 Å². The number of rotatable bonds is 4. The summed E-state index contributed by atoms with van der Waals surface area (Å²) in [6.45, 7) is 4.72. The first-order chi connectivity index (χ1) is 12.5. The average Bonchev–Trinajstić information content (AvgIpc) is 3.15. The van der Waals surface area contributed by atoms with Crippen molar-refractivity contribution < 1.29 is 14.7 Å². The molecule has 2 heterocycles. The van der Waals surface area contributed by atoms with E-state index in [0.29, 0.717) is 13.0 Å². The van der Waals surface area contributed by atoms with Gasteiger partial charge in [-0.2, -0.15) is 5.10 Å². The van der Waals surface area contributed by atoms with Crippen LogP contribution in [0.3, 0.4) is 0 Å². The summed E-state index contributed by atoms with van der Waals surface area (Å²) in [7, 11) is 0. The Hall–Kier alpha value is -2.83. The van der Waals surface area contributed by atoms with Crippen LogP contribution in [-0.4, -0.2) is 44.9 Å². The standard InChI is InChI=1S/C19H24N4O3/c1-13-10-15(18(24)25)12-22(11-13)19(26)21-14(2)16-6-3-4-7-17(16)23-9-5-8-20-23/h3-9,13-15H,10-12H2,1-2H3,(H,21,26)(H,24,25). The van der Waals surface area contributed by atoms with Gasteiger partial charge in [0.1, 0.15) is 0 Å². The minimum Gasteiger partial charge on any atom is -0.481 e. The van der Waals surface area contributed by atoms with E-state index >= 15 is 0 Å². The van der Waals surface area contributed by atoms with Gasteiger partial charge in [0.05, 0.1) is 17.6 Å². The largest absolute Gasteiger partial charge is 0.481 e. The number of nitrogens with zero attached hydrogens (tertiary/aromatic N) is 3. The fourth-order valence-electron chi connectivity index (χ4n) is 3.52. The minimum atomic E-state index is -0.841. The highest BCUT2D eigenvalue weighted by Gasteiger charge is 2.32. The first-order valence-corrected chi connectivity index (χ1v) is 8.83. The summed E-state index contributed by atoms with van der Waals surface area (Å²) < 4.78 is 1.77. The van der Waals surface area contributed by atoms with Gasteiger partial charge in [-0.15, -0.1) is 0 Å². The Morgan fingerprint density at radius 3 is 2.73 bits per heavy atom. The van der Waals surface area contributed by atoms with E-state index in [4.69, 9.17) is 0 Å². The van der Waals surface area contributed by atoms with E-state index in [2.05, 4.69) is 10.4 Å². The summed E-state index contributed by atoms with van der Waals surface area (Å²) in [5, 5.41) is 16.6. The van der Waals surface area contributed by atoms with E-state index in [9.17, 15) is 14.7 Å². The van der Waals surface area contributed by atoms with Crippen LogP contribution >= 0.6 is 0 Å². The van der Waals surface area contributed by atoms with E-state index in [1.54, 1.807) is 15.8 Å². The predicted octanol–water partition coefficient (Wildman–Crippen LogP) is 2.69. The number of carbonyl (C=O) groups is 2. The molecule has 0 radical (unpaired) electrons. The van der Waals surface area contributed by atoms with E-state index in [1.165, 1.54) is 0 Å². The Labute approximate surface area is 152 Å². The Bertz CT molecular complexity index is 775. The van der Waals surface area contributed by atoms with Gasteiger partial charge in [0.15, 0.2) is 0 Å². The topological polar surface area (TPSA) is 87.5 Å². The number of hydrogen-bond donors (Lipinski definition) is 2. The van der Waals surface area contributed by atoms with Crippen LogP contribution in [0.2, 0.25) is 0 Å². The highest BCUT2D eigenvalue weighted by molar-refractivity contribution is 5.77. The van der Waals surface area contributed by atoms with Crippen molar-refractivity contribution in [3.8, 4) is 5.69 Å². The zero-order valence-corrected chi connectivity index (χ0v) is 15.0. The van der Waals surface area contributed by atoms with Crippen molar-refractivity contribution in [2.24, 2.45) is 11.8 Å². The second kappa shape index (κ2) is 7.59. The highest BCUT2D eigenvalue weighted by Crippen LogP contribution is 2.24. The Morgan fingerprint density at radius 1 is 1.27 bits per heavy atom. The maximum absolute atomic E-state index is 12.7. The molecule has 3 atom stereocenters. The summed E-state index contributed by atoms with van der Waals surface area (Å²) >= 11 is 0. The molecular formula is C19H24N4O3. The number of carbonyl (C=O) groups excluding carboxylic acids is 1. The van der Waals surface area contributed by atoms with E-state index in [1.807, 2.05) is 50.4 Å². The van der Waals surface area contributed by atoms with Crippen molar-refractivity contribution >= 4 is 12.0 Å². The van der Waals surface area contributed by atoms with E-state index in [-0.39, 0.29) is 24.5 Å². The number of aliphatic carboxylic acids is 1. The summed E-state index contributed by atoms with van der Waals surface area (Å²) in [5.74, 6) is -1.18. The van der Waals surface area contributed by atoms with Crippen LogP contribution in [-0.2, 0) is 4.79 Å². The molecule has 138 valence electrons. The lowest BCUT2D eigenvalue weighted by Gasteiger charge is -2.35. The van der Waals surface area contributed by atoms with E-state index < -0.39 is 11.9 Å². The van der Waals surface area contributed by atoms with Gasteiger partial charge in [0.25, 0.3) is 0 Å². The number of likely N-dealkylation sites (tertiary alicyclic amines) is 1. The van der Waals surface area contributed by atoms with Gasteiger partial charge in [0, 0.05) is 25.5 Å². The number of para-hydroxylation sites is 1. The molecule has 1 fully saturated rings. The molecule has 3 unspecified atom stereocenters. The molecule has 0 aliphatic carbocycles. The van der Waals surface area contributed by atoms with Crippen molar-refractivity contribution in [3.63, 3.8) is 0 Å². The molecule has 1 aromatic heterocycles. The lowest BCUT2D eigenvalue weighted by atomic mass is 9.91.